The van der Waals surface area contributed by atoms with Crippen molar-refractivity contribution in [3.63, 3.8) is 0 Å². The summed E-state index contributed by atoms with van der Waals surface area (Å²) in [4.78, 5) is 6.74. The van der Waals surface area contributed by atoms with E-state index in [2.05, 4.69) is 72.1 Å². The molecule has 1 N–H and O–H groups in total. The molecule has 0 radical (unpaired) electrons. The Bertz CT molecular complexity index is 599. The molecule has 0 aliphatic heterocycles. The van der Waals surface area contributed by atoms with Crippen LogP contribution < -0.4 is 10.2 Å². The summed E-state index contributed by atoms with van der Waals surface area (Å²) in [5.74, 6) is 0.925. The van der Waals surface area contributed by atoms with Gasteiger partial charge in [-0.15, -0.1) is 0 Å². The van der Waals surface area contributed by atoms with Crippen LogP contribution in [0, 0.1) is 13.8 Å². The van der Waals surface area contributed by atoms with Crippen LogP contribution in [0.4, 0.5) is 11.6 Å². The molecule has 0 aliphatic rings. The van der Waals surface area contributed by atoms with Gasteiger partial charge < -0.3 is 10.2 Å². The van der Waals surface area contributed by atoms with E-state index in [9.17, 15) is 0 Å². The normalized spacial score (nSPS) is 10.7. The molecule has 0 amide bonds. The van der Waals surface area contributed by atoms with Crippen LogP contribution in [0.5, 0.6) is 0 Å². The maximum Gasteiger partial charge on any atom is 0.207 e. The molecule has 1 heterocycles. The second-order valence-electron chi connectivity index (χ2n) is 5.72. The molecule has 0 atom stereocenters. The number of benzene rings is 1. The number of imidazole rings is 1. The Morgan fingerprint density at radius 1 is 1.24 bits per heavy atom. The number of nitrogens with one attached hydrogen (secondary N) is 1. The number of hydrogen-bond donors (Lipinski definition) is 1. The lowest BCUT2D eigenvalue weighted by Gasteiger charge is -2.18. The average molecular weight is 286 g/mol. The van der Waals surface area contributed by atoms with E-state index in [0.717, 1.165) is 30.3 Å². The summed E-state index contributed by atoms with van der Waals surface area (Å²) in [5.41, 5.74) is 4.68. The summed E-state index contributed by atoms with van der Waals surface area (Å²) in [6.07, 6.45) is 4.42. The van der Waals surface area contributed by atoms with Gasteiger partial charge in [0.25, 0.3) is 0 Å². The van der Waals surface area contributed by atoms with Crippen LogP contribution in [0.2, 0.25) is 0 Å². The highest BCUT2D eigenvalue weighted by atomic mass is 15.2. The SMILES string of the molecule is CCCCNc1nc(C)cn1-c1ccc(C)c(N(C)C)c1. The van der Waals surface area contributed by atoms with Crippen LogP contribution in [0.3, 0.4) is 0 Å². The van der Waals surface area contributed by atoms with Gasteiger partial charge in [-0.3, -0.25) is 4.57 Å². The standard InChI is InChI=1S/C17H26N4/c1-6-7-10-18-17-19-14(3)12-21(17)15-9-8-13(2)16(11-15)20(4)5/h8-9,11-12H,6-7,10H2,1-5H3,(H,18,19). The third kappa shape index (κ3) is 3.57. The van der Waals surface area contributed by atoms with Gasteiger partial charge in [0.05, 0.1) is 11.4 Å². The first-order chi connectivity index (χ1) is 10.0. The molecule has 2 rings (SSSR count). The van der Waals surface area contributed by atoms with Crippen LogP contribution in [0.25, 0.3) is 5.69 Å². The number of aromatic nitrogens is 2. The number of anilines is 2. The second kappa shape index (κ2) is 6.66. The highest BCUT2D eigenvalue weighted by Gasteiger charge is 2.09. The van der Waals surface area contributed by atoms with E-state index < -0.39 is 0 Å². The molecule has 0 saturated carbocycles. The van der Waals surface area contributed by atoms with Crippen molar-refractivity contribution in [1.29, 1.82) is 0 Å². The van der Waals surface area contributed by atoms with E-state index in [4.69, 9.17) is 0 Å². The zero-order valence-electron chi connectivity index (χ0n) is 13.8. The topological polar surface area (TPSA) is 33.1 Å². The van der Waals surface area contributed by atoms with Gasteiger partial charge in [-0.05, 0) is 38.0 Å². The van der Waals surface area contributed by atoms with Crippen LogP contribution in [0.15, 0.2) is 24.4 Å². The van der Waals surface area contributed by atoms with Crippen molar-refractivity contribution in [2.24, 2.45) is 0 Å². The van der Waals surface area contributed by atoms with E-state index in [0.29, 0.717) is 0 Å². The lowest BCUT2D eigenvalue weighted by atomic mass is 10.1. The van der Waals surface area contributed by atoms with Crippen molar-refractivity contribution in [3.05, 3.63) is 35.7 Å². The van der Waals surface area contributed by atoms with Crippen LogP contribution in [-0.4, -0.2) is 30.2 Å². The van der Waals surface area contributed by atoms with Crippen LogP contribution in [-0.2, 0) is 0 Å². The summed E-state index contributed by atoms with van der Waals surface area (Å²) >= 11 is 0. The van der Waals surface area contributed by atoms with E-state index in [1.807, 2.05) is 6.92 Å². The van der Waals surface area contributed by atoms with Crippen LogP contribution in [0.1, 0.15) is 31.0 Å². The summed E-state index contributed by atoms with van der Waals surface area (Å²) in [6, 6.07) is 6.52. The third-order valence-corrected chi connectivity index (χ3v) is 3.59. The fourth-order valence-corrected chi connectivity index (χ4v) is 2.43. The molecule has 21 heavy (non-hydrogen) atoms. The maximum atomic E-state index is 4.59. The molecule has 0 saturated heterocycles. The molecule has 1 aromatic heterocycles. The minimum absolute atomic E-state index is 0.925. The van der Waals surface area contributed by atoms with Crippen molar-refractivity contribution in [1.82, 2.24) is 9.55 Å². The summed E-state index contributed by atoms with van der Waals surface area (Å²) in [5, 5.41) is 3.44. The molecule has 0 bridgehead atoms. The third-order valence-electron chi connectivity index (χ3n) is 3.59. The Balaban J connectivity index is 2.35. The molecule has 114 valence electrons. The van der Waals surface area contributed by atoms with Gasteiger partial charge in [0.2, 0.25) is 5.95 Å². The number of nitrogens with zero attached hydrogens (tertiary/aromatic N) is 3. The zero-order valence-corrected chi connectivity index (χ0v) is 13.8. The molecule has 0 unspecified atom stereocenters. The molecule has 1 aromatic carbocycles. The predicted octanol–water partition coefficient (Wildman–Crippen LogP) is 3.77. The molecule has 4 nitrogen and oxygen atoms in total. The Morgan fingerprint density at radius 2 is 2.00 bits per heavy atom. The van der Waals surface area contributed by atoms with Crippen molar-refractivity contribution in [2.45, 2.75) is 33.6 Å². The molecule has 0 aliphatic carbocycles. The number of hydrogen-bond acceptors (Lipinski definition) is 3. The first-order valence-electron chi connectivity index (χ1n) is 7.61. The van der Waals surface area contributed by atoms with Crippen molar-refractivity contribution in [3.8, 4) is 5.69 Å². The maximum absolute atomic E-state index is 4.59. The Kier molecular flexibility index (Phi) is 4.89. The highest BCUT2D eigenvalue weighted by molar-refractivity contribution is 5.59. The monoisotopic (exact) mass is 286 g/mol. The van der Waals surface area contributed by atoms with Gasteiger partial charge in [0, 0.05) is 32.5 Å². The second-order valence-corrected chi connectivity index (χ2v) is 5.72. The van der Waals surface area contributed by atoms with Crippen LogP contribution >= 0.6 is 0 Å². The van der Waals surface area contributed by atoms with E-state index in [1.54, 1.807) is 0 Å². The Labute approximate surface area is 127 Å². The van der Waals surface area contributed by atoms with Crippen molar-refractivity contribution >= 4 is 11.6 Å². The van der Waals surface area contributed by atoms with Gasteiger partial charge in [-0.2, -0.15) is 0 Å². The summed E-state index contributed by atoms with van der Waals surface area (Å²) < 4.78 is 2.14. The fourth-order valence-electron chi connectivity index (χ4n) is 2.43. The molecule has 2 aromatic rings. The van der Waals surface area contributed by atoms with E-state index >= 15 is 0 Å². The number of aryl methyl sites for hydroxylation is 2. The van der Waals surface area contributed by atoms with Gasteiger partial charge in [-0.25, -0.2) is 4.98 Å². The zero-order chi connectivity index (χ0) is 15.4. The molecule has 0 spiro atoms. The van der Waals surface area contributed by atoms with E-state index in [-0.39, 0.29) is 0 Å². The number of rotatable bonds is 6. The minimum Gasteiger partial charge on any atom is -0.377 e. The molecular formula is C17H26N4. The van der Waals surface area contributed by atoms with Crippen molar-refractivity contribution < 1.29 is 0 Å². The predicted molar refractivity (Wildman–Crippen MR) is 90.8 cm³/mol. The average Bonchev–Trinajstić information content (AvgIpc) is 2.80. The molecule has 0 fully saturated rings. The Hall–Kier alpha value is -1.97. The molecular weight excluding hydrogens is 260 g/mol. The first-order valence-corrected chi connectivity index (χ1v) is 7.61. The lowest BCUT2D eigenvalue weighted by molar-refractivity contribution is 0.823. The largest absolute Gasteiger partial charge is 0.377 e. The van der Waals surface area contributed by atoms with Gasteiger partial charge in [0.15, 0.2) is 0 Å². The number of unbranched alkanes of at least 4 members (excludes halogenated alkanes) is 1. The van der Waals surface area contributed by atoms with E-state index in [1.165, 1.54) is 17.7 Å². The quantitative estimate of drug-likeness (QED) is 0.821. The Morgan fingerprint density at radius 3 is 2.67 bits per heavy atom. The fraction of sp³-hybridized carbons (Fsp3) is 0.471. The minimum atomic E-state index is 0.925. The first kappa shape index (κ1) is 15.4. The summed E-state index contributed by atoms with van der Waals surface area (Å²) in [6.45, 7) is 7.32. The van der Waals surface area contributed by atoms with Gasteiger partial charge in [-0.1, -0.05) is 19.4 Å². The van der Waals surface area contributed by atoms with Gasteiger partial charge in [0.1, 0.15) is 0 Å². The van der Waals surface area contributed by atoms with Crippen molar-refractivity contribution in [2.75, 3.05) is 30.9 Å². The smallest absolute Gasteiger partial charge is 0.207 e. The van der Waals surface area contributed by atoms with Gasteiger partial charge >= 0.3 is 0 Å². The lowest BCUT2D eigenvalue weighted by Crippen LogP contribution is -2.12. The molecule has 4 heteroatoms. The highest BCUT2D eigenvalue weighted by Crippen LogP contribution is 2.24. The summed E-state index contributed by atoms with van der Waals surface area (Å²) in [7, 11) is 4.15.